The number of hydrogen-bond acceptors (Lipinski definition) is 5. The minimum atomic E-state index is -0.399. The molecule has 1 N–H and O–H groups in total. The largest absolute Gasteiger partial charge is 0.338 e. The number of rotatable bonds is 3. The number of fused-ring (bicyclic) bond motifs is 1. The number of likely N-dealkylation sites (tertiary alicyclic amines) is 1. The summed E-state index contributed by atoms with van der Waals surface area (Å²) in [7, 11) is 0. The highest BCUT2D eigenvalue weighted by Crippen LogP contribution is 2.20. The van der Waals surface area contributed by atoms with Crippen molar-refractivity contribution in [2.75, 3.05) is 18.5 Å². The lowest BCUT2D eigenvalue weighted by atomic mass is 9.96. The molecule has 1 saturated heterocycles. The van der Waals surface area contributed by atoms with Gasteiger partial charge in [0, 0.05) is 23.7 Å². The van der Waals surface area contributed by atoms with E-state index in [0.717, 1.165) is 0 Å². The van der Waals surface area contributed by atoms with Crippen LogP contribution in [0.5, 0.6) is 0 Å². The molecule has 1 aliphatic rings. The fourth-order valence-corrected chi connectivity index (χ4v) is 4.42. The third-order valence-electron chi connectivity index (χ3n) is 5.06. The lowest BCUT2D eigenvalue weighted by molar-refractivity contribution is -0.122. The molecule has 7 nitrogen and oxygen atoms in total. The molecule has 9 heteroatoms. The topological polar surface area (TPSA) is 84.3 Å². The summed E-state index contributed by atoms with van der Waals surface area (Å²) >= 11 is 7.27. The second kappa shape index (κ2) is 7.96. The van der Waals surface area contributed by atoms with E-state index in [-0.39, 0.29) is 17.4 Å². The Morgan fingerprint density at radius 2 is 2.00 bits per heavy atom. The van der Waals surface area contributed by atoms with Crippen molar-refractivity contribution < 1.29 is 9.59 Å². The average molecular weight is 431 g/mol. The van der Waals surface area contributed by atoms with Crippen LogP contribution in [0.3, 0.4) is 0 Å². The zero-order valence-corrected chi connectivity index (χ0v) is 17.3. The maximum Gasteiger partial charge on any atom is 0.281 e. The predicted molar refractivity (Wildman–Crippen MR) is 113 cm³/mol. The lowest BCUT2D eigenvalue weighted by Gasteiger charge is -2.32. The molecule has 1 unspecified atom stereocenters. The number of nitrogens with zero attached hydrogens (tertiary/aromatic N) is 3. The Hall–Kier alpha value is -2.71. The first-order valence-electron chi connectivity index (χ1n) is 9.26. The standard InChI is InChI=1S/C20H19ClN4O3S/c1-12-22-18-16(8-10-29-18)20(28)25(12)23-17(26)14-3-2-9-24(11-14)19(27)13-4-6-15(21)7-5-13/h4-8,10,14H,2-3,9,11H2,1H3,(H,23,26). The van der Waals surface area contributed by atoms with Crippen molar-refractivity contribution in [2.24, 2.45) is 5.92 Å². The van der Waals surface area contributed by atoms with Crippen LogP contribution in [0.25, 0.3) is 10.2 Å². The van der Waals surface area contributed by atoms with Gasteiger partial charge >= 0.3 is 0 Å². The number of hydrogen-bond donors (Lipinski definition) is 1. The van der Waals surface area contributed by atoms with Crippen LogP contribution in [0.1, 0.15) is 29.0 Å². The van der Waals surface area contributed by atoms with Gasteiger partial charge in [-0.3, -0.25) is 19.8 Å². The van der Waals surface area contributed by atoms with Crippen LogP contribution in [0.15, 0.2) is 40.5 Å². The predicted octanol–water partition coefficient (Wildman–Crippen LogP) is 3.04. The monoisotopic (exact) mass is 430 g/mol. The normalized spacial score (nSPS) is 16.8. The van der Waals surface area contributed by atoms with Crippen LogP contribution in [0.4, 0.5) is 0 Å². The van der Waals surface area contributed by atoms with Gasteiger partial charge < -0.3 is 4.90 Å². The molecule has 150 valence electrons. The van der Waals surface area contributed by atoms with E-state index in [2.05, 4.69) is 10.4 Å². The van der Waals surface area contributed by atoms with Crippen molar-refractivity contribution in [3.05, 3.63) is 62.5 Å². The molecular formula is C20H19ClN4O3S. The molecule has 2 amide bonds. The van der Waals surface area contributed by atoms with Gasteiger partial charge in [0.05, 0.1) is 11.3 Å². The smallest absolute Gasteiger partial charge is 0.281 e. The summed E-state index contributed by atoms with van der Waals surface area (Å²) in [4.78, 5) is 44.9. The highest BCUT2D eigenvalue weighted by molar-refractivity contribution is 7.16. The van der Waals surface area contributed by atoms with Crippen LogP contribution in [0.2, 0.25) is 5.02 Å². The average Bonchev–Trinajstić information content (AvgIpc) is 3.19. The number of aromatic nitrogens is 2. The highest BCUT2D eigenvalue weighted by atomic mass is 35.5. The van der Waals surface area contributed by atoms with Gasteiger partial charge in [0.15, 0.2) is 0 Å². The number of carbonyl (C=O) groups excluding carboxylic acids is 2. The molecule has 3 heterocycles. The summed E-state index contributed by atoms with van der Waals surface area (Å²) in [6.45, 7) is 2.57. The fraction of sp³-hybridized carbons (Fsp3) is 0.300. The van der Waals surface area contributed by atoms with E-state index in [1.54, 1.807) is 47.5 Å². The molecular weight excluding hydrogens is 412 g/mol. The van der Waals surface area contributed by atoms with Crippen molar-refractivity contribution in [2.45, 2.75) is 19.8 Å². The van der Waals surface area contributed by atoms with Crippen molar-refractivity contribution in [1.82, 2.24) is 14.6 Å². The van der Waals surface area contributed by atoms with Crippen LogP contribution in [0, 0.1) is 12.8 Å². The Morgan fingerprint density at radius 3 is 2.76 bits per heavy atom. The van der Waals surface area contributed by atoms with Crippen molar-refractivity contribution >= 4 is 45.0 Å². The molecule has 1 aliphatic heterocycles. The molecule has 1 fully saturated rings. The minimum Gasteiger partial charge on any atom is -0.338 e. The van der Waals surface area contributed by atoms with E-state index in [0.29, 0.717) is 52.6 Å². The van der Waals surface area contributed by atoms with Crippen molar-refractivity contribution in [1.29, 1.82) is 0 Å². The van der Waals surface area contributed by atoms with Gasteiger partial charge in [0.25, 0.3) is 11.5 Å². The number of benzene rings is 1. The van der Waals surface area contributed by atoms with Crippen molar-refractivity contribution in [3.63, 3.8) is 0 Å². The molecule has 1 aromatic carbocycles. The zero-order chi connectivity index (χ0) is 20.5. The van der Waals surface area contributed by atoms with Gasteiger partial charge in [-0.15, -0.1) is 11.3 Å². The Morgan fingerprint density at radius 1 is 1.24 bits per heavy atom. The molecule has 29 heavy (non-hydrogen) atoms. The Balaban J connectivity index is 1.50. The Labute approximate surface area is 175 Å². The van der Waals surface area contributed by atoms with Gasteiger partial charge in [-0.25, -0.2) is 9.66 Å². The summed E-state index contributed by atoms with van der Waals surface area (Å²) in [6, 6.07) is 8.40. The Kier molecular flexibility index (Phi) is 5.38. The van der Waals surface area contributed by atoms with E-state index < -0.39 is 5.92 Å². The molecule has 0 spiro atoms. The fourth-order valence-electron chi connectivity index (χ4n) is 3.50. The second-order valence-corrected chi connectivity index (χ2v) is 8.34. The number of carbonyl (C=O) groups is 2. The van der Waals surface area contributed by atoms with Crippen molar-refractivity contribution in [3.8, 4) is 0 Å². The summed E-state index contributed by atoms with van der Waals surface area (Å²) in [6.07, 6.45) is 1.37. The van der Waals surface area contributed by atoms with Crippen LogP contribution in [-0.4, -0.2) is 39.5 Å². The molecule has 0 aliphatic carbocycles. The third kappa shape index (κ3) is 3.90. The van der Waals surface area contributed by atoms with Gasteiger partial charge in [-0.1, -0.05) is 11.6 Å². The number of thiophene rings is 1. The van der Waals surface area contributed by atoms with E-state index in [1.165, 1.54) is 16.0 Å². The highest BCUT2D eigenvalue weighted by Gasteiger charge is 2.29. The minimum absolute atomic E-state index is 0.131. The van der Waals surface area contributed by atoms with E-state index in [1.807, 2.05) is 0 Å². The molecule has 0 radical (unpaired) electrons. The molecule has 0 saturated carbocycles. The maximum absolute atomic E-state index is 12.8. The second-order valence-electron chi connectivity index (χ2n) is 7.01. The number of piperidine rings is 1. The molecule has 0 bridgehead atoms. The van der Waals surface area contributed by atoms with Gasteiger partial charge in [-0.05, 0) is 55.5 Å². The van der Waals surface area contributed by atoms with Gasteiger partial charge in [0.2, 0.25) is 5.91 Å². The summed E-state index contributed by atoms with van der Waals surface area (Å²) < 4.78 is 1.19. The number of aryl methyl sites for hydroxylation is 1. The number of amides is 2. The first-order chi connectivity index (χ1) is 13.9. The first-order valence-corrected chi connectivity index (χ1v) is 10.5. The SMILES string of the molecule is Cc1nc2sccc2c(=O)n1NC(=O)C1CCCN(C(=O)c2ccc(Cl)cc2)C1. The van der Waals surface area contributed by atoms with Crippen LogP contribution in [-0.2, 0) is 4.79 Å². The van der Waals surface area contributed by atoms with E-state index in [9.17, 15) is 14.4 Å². The van der Waals surface area contributed by atoms with Gasteiger partial charge in [-0.2, -0.15) is 0 Å². The first kappa shape index (κ1) is 19.6. The number of nitrogens with one attached hydrogen (secondary N) is 1. The summed E-state index contributed by atoms with van der Waals surface area (Å²) in [5, 5.41) is 2.84. The summed E-state index contributed by atoms with van der Waals surface area (Å²) in [5.74, 6) is -0.401. The van der Waals surface area contributed by atoms with Crippen LogP contribution >= 0.6 is 22.9 Å². The van der Waals surface area contributed by atoms with Crippen LogP contribution < -0.4 is 11.0 Å². The number of halogens is 1. The molecule has 3 aromatic rings. The molecule has 4 rings (SSSR count). The zero-order valence-electron chi connectivity index (χ0n) is 15.7. The lowest BCUT2D eigenvalue weighted by Crippen LogP contribution is -2.46. The molecule has 2 aromatic heterocycles. The molecule has 1 atom stereocenters. The van der Waals surface area contributed by atoms with Gasteiger partial charge in [0.1, 0.15) is 10.7 Å². The Bertz CT molecular complexity index is 1140. The summed E-state index contributed by atoms with van der Waals surface area (Å²) in [5.41, 5.74) is 2.93. The van der Waals surface area contributed by atoms with E-state index >= 15 is 0 Å². The third-order valence-corrected chi connectivity index (χ3v) is 6.12. The van der Waals surface area contributed by atoms with E-state index in [4.69, 9.17) is 11.6 Å². The quantitative estimate of drug-likeness (QED) is 0.692. The maximum atomic E-state index is 12.8.